The lowest BCUT2D eigenvalue weighted by Gasteiger charge is -2.29. The lowest BCUT2D eigenvalue weighted by atomic mass is 10.0. The van der Waals surface area contributed by atoms with Gasteiger partial charge >= 0.3 is 0 Å². The van der Waals surface area contributed by atoms with Crippen molar-refractivity contribution in [2.75, 3.05) is 30.8 Å². The molecule has 10 heteroatoms. The van der Waals surface area contributed by atoms with Gasteiger partial charge in [-0.2, -0.15) is 4.98 Å². The van der Waals surface area contributed by atoms with Gasteiger partial charge in [-0.3, -0.25) is 9.36 Å². The van der Waals surface area contributed by atoms with E-state index in [-0.39, 0.29) is 35.2 Å². The number of rotatable bonds is 7. The van der Waals surface area contributed by atoms with Crippen LogP contribution in [0, 0.1) is 5.82 Å². The molecular formula is C27H31FN8O. The van der Waals surface area contributed by atoms with E-state index < -0.39 is 5.82 Å². The van der Waals surface area contributed by atoms with E-state index in [1.54, 1.807) is 12.3 Å². The Bertz CT molecular complexity index is 1400. The SMILES string of the molecule is CC(C)n1c(Nc2ccccc2)nc2cnc(Nc3ccc(C(=O)NC4CCN(C)CC4)cc3F)nc21. The number of benzene rings is 2. The molecule has 5 rings (SSSR count). The number of aromatic nitrogens is 4. The molecule has 3 N–H and O–H groups in total. The van der Waals surface area contributed by atoms with Crippen LogP contribution in [0.5, 0.6) is 0 Å². The summed E-state index contributed by atoms with van der Waals surface area (Å²) in [6, 6.07) is 14.3. The lowest BCUT2D eigenvalue weighted by Crippen LogP contribution is -2.43. The van der Waals surface area contributed by atoms with Crippen LogP contribution in [-0.4, -0.2) is 56.5 Å². The molecule has 0 bridgehead atoms. The van der Waals surface area contributed by atoms with E-state index in [9.17, 15) is 9.18 Å². The lowest BCUT2D eigenvalue weighted by molar-refractivity contribution is 0.0916. The third kappa shape index (κ3) is 5.54. The monoisotopic (exact) mass is 502 g/mol. The summed E-state index contributed by atoms with van der Waals surface area (Å²) in [7, 11) is 2.07. The fourth-order valence-electron chi connectivity index (χ4n) is 4.48. The number of fused-ring (bicyclic) bond motifs is 1. The third-order valence-corrected chi connectivity index (χ3v) is 6.51. The Morgan fingerprint density at radius 1 is 1.05 bits per heavy atom. The number of piperidine rings is 1. The first-order chi connectivity index (χ1) is 17.9. The summed E-state index contributed by atoms with van der Waals surface area (Å²) in [4.78, 5) is 28.5. The number of likely N-dealkylation sites (tertiary alicyclic amines) is 1. The quantitative estimate of drug-likeness (QED) is 0.332. The Kier molecular flexibility index (Phi) is 7.00. The second-order valence-corrected chi connectivity index (χ2v) is 9.66. The van der Waals surface area contributed by atoms with E-state index in [4.69, 9.17) is 0 Å². The maximum absolute atomic E-state index is 15.0. The van der Waals surface area contributed by atoms with Gasteiger partial charge in [0.15, 0.2) is 5.65 Å². The van der Waals surface area contributed by atoms with Gasteiger partial charge < -0.3 is 20.9 Å². The van der Waals surface area contributed by atoms with Crippen molar-refractivity contribution in [2.45, 2.75) is 38.8 Å². The van der Waals surface area contributed by atoms with Crippen molar-refractivity contribution in [1.82, 2.24) is 29.7 Å². The molecule has 2 aromatic heterocycles. The summed E-state index contributed by atoms with van der Waals surface area (Å²) in [5.41, 5.74) is 2.63. The Balaban J connectivity index is 1.34. The van der Waals surface area contributed by atoms with Crippen molar-refractivity contribution >= 4 is 40.3 Å². The fraction of sp³-hybridized carbons (Fsp3) is 0.333. The topological polar surface area (TPSA) is 100 Å². The zero-order valence-corrected chi connectivity index (χ0v) is 21.2. The van der Waals surface area contributed by atoms with Crippen LogP contribution in [0.25, 0.3) is 11.2 Å². The number of anilines is 4. The molecule has 0 atom stereocenters. The van der Waals surface area contributed by atoms with Crippen LogP contribution in [0.1, 0.15) is 43.1 Å². The molecule has 9 nitrogen and oxygen atoms in total. The number of nitrogens with zero attached hydrogens (tertiary/aromatic N) is 5. The second kappa shape index (κ2) is 10.5. The molecule has 0 saturated carbocycles. The van der Waals surface area contributed by atoms with Crippen molar-refractivity contribution in [3.63, 3.8) is 0 Å². The number of imidazole rings is 1. The molecule has 1 aliphatic rings. The number of amides is 1. The fourth-order valence-corrected chi connectivity index (χ4v) is 4.48. The number of carbonyl (C=O) groups excluding carboxylic acids is 1. The molecule has 3 heterocycles. The molecule has 4 aromatic rings. The van der Waals surface area contributed by atoms with Gasteiger partial charge in [-0.15, -0.1) is 0 Å². The summed E-state index contributed by atoms with van der Waals surface area (Å²) in [6.45, 7) is 5.96. The largest absolute Gasteiger partial charge is 0.349 e. The molecule has 2 aromatic carbocycles. The first-order valence-electron chi connectivity index (χ1n) is 12.5. The highest BCUT2D eigenvalue weighted by Crippen LogP contribution is 2.27. The van der Waals surface area contributed by atoms with E-state index in [2.05, 4.69) is 42.8 Å². The molecule has 0 spiro atoms. The maximum atomic E-state index is 15.0. The number of nitrogens with one attached hydrogen (secondary N) is 3. The highest BCUT2D eigenvalue weighted by Gasteiger charge is 2.20. The summed E-state index contributed by atoms with van der Waals surface area (Å²) >= 11 is 0. The molecule has 0 aliphatic carbocycles. The van der Waals surface area contributed by atoms with Gasteiger partial charge in [0.1, 0.15) is 11.3 Å². The van der Waals surface area contributed by atoms with Crippen molar-refractivity contribution < 1.29 is 9.18 Å². The average molecular weight is 503 g/mol. The standard InChI is InChI=1S/C27H31FN8O/c1-17(2)36-24-23(33-27(36)31-19-7-5-4-6-8-19)16-29-26(34-24)32-22-10-9-18(15-21(22)28)25(37)30-20-11-13-35(3)14-12-20/h4-10,15-17,20H,11-14H2,1-3H3,(H,30,37)(H,31,33)(H,29,32,34). The predicted molar refractivity (Wildman–Crippen MR) is 143 cm³/mol. The van der Waals surface area contributed by atoms with Crippen LogP contribution in [0.2, 0.25) is 0 Å². The van der Waals surface area contributed by atoms with Gasteiger partial charge in [0.25, 0.3) is 5.91 Å². The Morgan fingerprint density at radius 3 is 2.51 bits per heavy atom. The van der Waals surface area contributed by atoms with Gasteiger partial charge in [-0.25, -0.2) is 14.4 Å². The third-order valence-electron chi connectivity index (χ3n) is 6.51. The van der Waals surface area contributed by atoms with E-state index in [0.717, 1.165) is 31.6 Å². The summed E-state index contributed by atoms with van der Waals surface area (Å²) < 4.78 is 16.9. The van der Waals surface area contributed by atoms with Crippen molar-refractivity contribution in [2.24, 2.45) is 0 Å². The van der Waals surface area contributed by atoms with Gasteiger partial charge in [0.05, 0.1) is 11.9 Å². The molecular weight excluding hydrogens is 471 g/mol. The van der Waals surface area contributed by atoms with E-state index in [1.807, 2.05) is 48.7 Å². The van der Waals surface area contributed by atoms with Crippen LogP contribution in [0.4, 0.5) is 27.7 Å². The minimum atomic E-state index is -0.552. The van der Waals surface area contributed by atoms with Crippen molar-refractivity contribution in [3.05, 3.63) is 66.1 Å². The van der Waals surface area contributed by atoms with Crippen molar-refractivity contribution in [3.8, 4) is 0 Å². The molecule has 1 amide bonds. The number of hydrogen-bond acceptors (Lipinski definition) is 7. The normalized spacial score (nSPS) is 14.7. The average Bonchev–Trinajstić information content (AvgIpc) is 3.24. The minimum Gasteiger partial charge on any atom is -0.349 e. The smallest absolute Gasteiger partial charge is 0.251 e. The number of hydrogen-bond donors (Lipinski definition) is 3. The molecule has 1 saturated heterocycles. The van der Waals surface area contributed by atoms with Gasteiger partial charge in [-0.05, 0) is 77.2 Å². The first kappa shape index (κ1) is 24.6. The van der Waals surface area contributed by atoms with Crippen LogP contribution in [0.3, 0.4) is 0 Å². The Labute approximate surface area is 215 Å². The highest BCUT2D eigenvalue weighted by atomic mass is 19.1. The second-order valence-electron chi connectivity index (χ2n) is 9.66. The van der Waals surface area contributed by atoms with Crippen LogP contribution in [0.15, 0.2) is 54.7 Å². The van der Waals surface area contributed by atoms with Crippen LogP contribution in [-0.2, 0) is 0 Å². The van der Waals surface area contributed by atoms with Crippen LogP contribution >= 0.6 is 0 Å². The number of halogens is 1. The molecule has 192 valence electrons. The van der Waals surface area contributed by atoms with Gasteiger partial charge in [-0.1, -0.05) is 18.2 Å². The maximum Gasteiger partial charge on any atom is 0.251 e. The van der Waals surface area contributed by atoms with Crippen molar-refractivity contribution in [1.29, 1.82) is 0 Å². The molecule has 0 unspecified atom stereocenters. The summed E-state index contributed by atoms with van der Waals surface area (Å²) in [6.07, 6.45) is 3.39. The molecule has 37 heavy (non-hydrogen) atoms. The zero-order chi connectivity index (χ0) is 25.9. The number of para-hydroxylation sites is 1. The highest BCUT2D eigenvalue weighted by molar-refractivity contribution is 5.94. The molecule has 1 aliphatic heterocycles. The predicted octanol–water partition coefficient (Wildman–Crippen LogP) is 4.86. The zero-order valence-electron chi connectivity index (χ0n) is 21.2. The van der Waals surface area contributed by atoms with E-state index in [0.29, 0.717) is 17.1 Å². The summed E-state index contributed by atoms with van der Waals surface area (Å²) in [5, 5.41) is 9.29. The molecule has 1 fully saturated rings. The Hall–Kier alpha value is -4.05. The minimum absolute atomic E-state index is 0.0676. The molecule has 0 radical (unpaired) electrons. The van der Waals surface area contributed by atoms with Gasteiger partial charge in [0, 0.05) is 23.3 Å². The first-order valence-corrected chi connectivity index (χ1v) is 12.5. The van der Waals surface area contributed by atoms with E-state index >= 15 is 0 Å². The summed E-state index contributed by atoms with van der Waals surface area (Å²) in [5.74, 6) is 0.0669. The van der Waals surface area contributed by atoms with E-state index in [1.165, 1.54) is 12.1 Å². The Morgan fingerprint density at radius 2 is 1.81 bits per heavy atom. The number of carbonyl (C=O) groups is 1. The van der Waals surface area contributed by atoms with Gasteiger partial charge in [0.2, 0.25) is 11.9 Å². The van der Waals surface area contributed by atoms with Crippen LogP contribution < -0.4 is 16.0 Å².